The molecule has 1 aromatic heterocycles. The molecule has 32 heavy (non-hydrogen) atoms. The van der Waals surface area contributed by atoms with Gasteiger partial charge in [0, 0.05) is 28.9 Å². The number of benzene rings is 2. The first-order valence-electron chi connectivity index (χ1n) is 10.2. The van der Waals surface area contributed by atoms with Gasteiger partial charge in [-0.2, -0.15) is 4.39 Å². The minimum atomic E-state index is -0.795. The quantitative estimate of drug-likeness (QED) is 0.509. The molecule has 4 atom stereocenters. The summed E-state index contributed by atoms with van der Waals surface area (Å²) in [6.07, 6.45) is 2.17. The molecule has 1 N–H and O–H groups in total. The van der Waals surface area contributed by atoms with Crippen LogP contribution in [0.4, 0.5) is 18.9 Å². The highest BCUT2D eigenvalue weighted by Gasteiger charge is 2.53. The van der Waals surface area contributed by atoms with Crippen LogP contribution in [0.1, 0.15) is 24.3 Å². The predicted octanol–water partition coefficient (Wildman–Crippen LogP) is 5.72. The standard InChI is InChI=1S/C24H18ClF3N2O2/c25-22-15(9-10-29-23(22)28)20-18-7-8-19(32-18)21(20)24(31)30-12-5-6-14(17(27)11-12)13-3-1-2-4-16(13)26/h1-6,9-11,18-21H,7-8H2,(H,30,31)/t18-,19+,20+,21-/m0/s1. The first kappa shape index (κ1) is 21.0. The number of nitrogens with zero attached hydrogens (tertiary/aromatic N) is 1. The molecule has 0 unspecified atom stereocenters. The van der Waals surface area contributed by atoms with Crippen molar-refractivity contribution in [3.8, 4) is 11.1 Å². The fourth-order valence-electron chi connectivity index (χ4n) is 4.81. The van der Waals surface area contributed by atoms with Crippen molar-refractivity contribution in [2.45, 2.75) is 31.0 Å². The minimum absolute atomic E-state index is 0.0984. The summed E-state index contributed by atoms with van der Waals surface area (Å²) in [5.74, 6) is -3.39. The summed E-state index contributed by atoms with van der Waals surface area (Å²) in [6, 6.07) is 11.6. The lowest BCUT2D eigenvalue weighted by atomic mass is 9.75. The molecule has 0 aliphatic carbocycles. The molecule has 1 amide bonds. The summed E-state index contributed by atoms with van der Waals surface area (Å²) in [6.45, 7) is 0. The number of hydrogen-bond donors (Lipinski definition) is 1. The maximum absolute atomic E-state index is 14.7. The first-order chi connectivity index (χ1) is 15.4. The Balaban J connectivity index is 1.41. The van der Waals surface area contributed by atoms with Gasteiger partial charge in [0.2, 0.25) is 11.9 Å². The van der Waals surface area contributed by atoms with Crippen LogP contribution in [0.5, 0.6) is 0 Å². The van der Waals surface area contributed by atoms with Crippen molar-refractivity contribution < 1.29 is 22.7 Å². The number of aromatic nitrogens is 1. The van der Waals surface area contributed by atoms with Crippen LogP contribution in [-0.2, 0) is 9.53 Å². The van der Waals surface area contributed by atoms with Gasteiger partial charge in [0.15, 0.2) is 0 Å². The van der Waals surface area contributed by atoms with E-state index >= 15 is 0 Å². The van der Waals surface area contributed by atoms with E-state index in [9.17, 15) is 18.0 Å². The highest BCUT2D eigenvalue weighted by atomic mass is 35.5. The van der Waals surface area contributed by atoms with Gasteiger partial charge in [-0.05, 0) is 48.7 Å². The molecule has 2 aromatic carbocycles. The van der Waals surface area contributed by atoms with Crippen molar-refractivity contribution in [3.63, 3.8) is 0 Å². The van der Waals surface area contributed by atoms with E-state index in [1.165, 1.54) is 36.5 Å². The third-order valence-electron chi connectivity index (χ3n) is 6.21. The number of amides is 1. The molecule has 2 aliphatic heterocycles. The zero-order valence-electron chi connectivity index (χ0n) is 16.7. The van der Waals surface area contributed by atoms with Crippen molar-refractivity contribution in [2.75, 3.05) is 5.32 Å². The SMILES string of the molecule is O=C(Nc1ccc(-c2ccccc2F)c(F)c1)[C@@H]1[C@H](c2ccnc(F)c2Cl)[C@@H]2CC[C@H]1O2. The molecular formula is C24H18ClF3N2O2. The third kappa shape index (κ3) is 3.55. The number of rotatable bonds is 4. The number of carbonyl (C=O) groups excluding carboxylic acids is 1. The van der Waals surface area contributed by atoms with Crippen LogP contribution in [0.25, 0.3) is 11.1 Å². The normalized spacial score (nSPS) is 24.0. The number of fused-ring (bicyclic) bond motifs is 2. The molecule has 2 saturated heterocycles. The number of pyridine rings is 1. The molecule has 4 nitrogen and oxygen atoms in total. The number of ether oxygens (including phenoxy) is 1. The summed E-state index contributed by atoms with van der Waals surface area (Å²) in [5, 5.41) is 2.61. The summed E-state index contributed by atoms with van der Waals surface area (Å²) in [5.41, 5.74) is 0.953. The molecule has 2 aliphatic rings. The highest BCUT2D eigenvalue weighted by Crippen LogP contribution is 2.50. The zero-order chi connectivity index (χ0) is 22.4. The van der Waals surface area contributed by atoms with E-state index < -0.39 is 29.4 Å². The number of anilines is 1. The topological polar surface area (TPSA) is 51.2 Å². The van der Waals surface area contributed by atoms with E-state index in [1.807, 2.05) is 0 Å². The lowest BCUT2D eigenvalue weighted by Crippen LogP contribution is -2.36. The number of nitrogens with one attached hydrogen (secondary N) is 1. The molecule has 8 heteroatoms. The van der Waals surface area contributed by atoms with Crippen LogP contribution in [0.3, 0.4) is 0 Å². The van der Waals surface area contributed by atoms with Crippen LogP contribution >= 0.6 is 11.6 Å². The second kappa shape index (κ2) is 8.22. The molecule has 2 bridgehead atoms. The monoisotopic (exact) mass is 458 g/mol. The molecule has 2 fully saturated rings. The Morgan fingerprint density at radius 3 is 2.53 bits per heavy atom. The Morgan fingerprint density at radius 2 is 1.75 bits per heavy atom. The van der Waals surface area contributed by atoms with Crippen LogP contribution in [0, 0.1) is 23.5 Å². The average molecular weight is 459 g/mol. The van der Waals surface area contributed by atoms with Gasteiger partial charge in [-0.3, -0.25) is 4.79 Å². The van der Waals surface area contributed by atoms with E-state index in [-0.39, 0.29) is 40.0 Å². The second-order valence-corrected chi connectivity index (χ2v) is 8.39. The van der Waals surface area contributed by atoms with E-state index in [2.05, 4.69) is 10.3 Å². The molecule has 164 valence electrons. The summed E-state index contributed by atoms with van der Waals surface area (Å²) >= 11 is 6.14. The van der Waals surface area contributed by atoms with E-state index in [0.29, 0.717) is 12.0 Å². The molecule has 0 saturated carbocycles. The Labute approximate surface area is 187 Å². The fourth-order valence-corrected chi connectivity index (χ4v) is 5.05. The Kier molecular flexibility index (Phi) is 5.39. The maximum Gasteiger partial charge on any atom is 0.231 e. The molecular weight excluding hydrogens is 441 g/mol. The van der Waals surface area contributed by atoms with Gasteiger partial charge in [-0.1, -0.05) is 29.8 Å². The zero-order valence-corrected chi connectivity index (χ0v) is 17.5. The molecule has 5 rings (SSSR count). The van der Waals surface area contributed by atoms with Crippen LogP contribution in [0.15, 0.2) is 54.7 Å². The van der Waals surface area contributed by atoms with Gasteiger partial charge in [0.25, 0.3) is 0 Å². The fraction of sp³-hybridized carbons (Fsp3) is 0.250. The van der Waals surface area contributed by atoms with Gasteiger partial charge < -0.3 is 10.1 Å². The van der Waals surface area contributed by atoms with Crippen molar-refractivity contribution >= 4 is 23.2 Å². The maximum atomic E-state index is 14.7. The number of carbonyl (C=O) groups is 1. The van der Waals surface area contributed by atoms with Crippen molar-refractivity contribution in [1.29, 1.82) is 0 Å². The number of halogens is 4. The van der Waals surface area contributed by atoms with Gasteiger partial charge in [0.05, 0.1) is 23.1 Å². The average Bonchev–Trinajstić information content (AvgIpc) is 3.38. The van der Waals surface area contributed by atoms with E-state index in [0.717, 1.165) is 12.5 Å². The second-order valence-electron chi connectivity index (χ2n) is 8.01. The minimum Gasteiger partial charge on any atom is -0.373 e. The lowest BCUT2D eigenvalue weighted by Gasteiger charge is -2.28. The molecule has 0 spiro atoms. The Hall–Kier alpha value is -2.90. The van der Waals surface area contributed by atoms with Gasteiger partial charge in [-0.25, -0.2) is 13.8 Å². The van der Waals surface area contributed by atoms with E-state index in [1.54, 1.807) is 12.1 Å². The highest BCUT2D eigenvalue weighted by molar-refractivity contribution is 6.31. The first-order valence-corrected chi connectivity index (χ1v) is 10.6. The van der Waals surface area contributed by atoms with Crippen LogP contribution in [0.2, 0.25) is 5.02 Å². The Bertz CT molecular complexity index is 1210. The predicted molar refractivity (Wildman–Crippen MR) is 114 cm³/mol. The molecule has 0 radical (unpaired) electrons. The smallest absolute Gasteiger partial charge is 0.231 e. The van der Waals surface area contributed by atoms with Crippen LogP contribution in [-0.4, -0.2) is 23.1 Å². The summed E-state index contributed by atoms with van der Waals surface area (Å²) < 4.78 is 48.6. The van der Waals surface area contributed by atoms with E-state index in [4.69, 9.17) is 16.3 Å². The number of hydrogen-bond acceptors (Lipinski definition) is 3. The summed E-state index contributed by atoms with van der Waals surface area (Å²) in [4.78, 5) is 16.7. The van der Waals surface area contributed by atoms with Crippen LogP contribution < -0.4 is 5.32 Å². The van der Waals surface area contributed by atoms with Gasteiger partial charge >= 0.3 is 0 Å². The third-order valence-corrected chi connectivity index (χ3v) is 6.59. The summed E-state index contributed by atoms with van der Waals surface area (Å²) in [7, 11) is 0. The molecule has 3 aromatic rings. The van der Waals surface area contributed by atoms with Crippen molar-refractivity contribution in [1.82, 2.24) is 4.98 Å². The lowest BCUT2D eigenvalue weighted by molar-refractivity contribution is -0.121. The van der Waals surface area contributed by atoms with Gasteiger partial charge in [0.1, 0.15) is 11.6 Å². The van der Waals surface area contributed by atoms with Crippen molar-refractivity contribution in [2.24, 2.45) is 5.92 Å². The Morgan fingerprint density at radius 1 is 1.00 bits per heavy atom. The van der Waals surface area contributed by atoms with Crippen molar-refractivity contribution in [3.05, 3.63) is 82.9 Å². The largest absolute Gasteiger partial charge is 0.373 e. The molecule has 3 heterocycles. The van der Waals surface area contributed by atoms with Gasteiger partial charge in [-0.15, -0.1) is 0 Å².